The Bertz CT molecular complexity index is 2370. The monoisotopic (exact) mass is 810 g/mol. The summed E-state index contributed by atoms with van der Waals surface area (Å²) in [4.78, 5) is 19.8. The smallest absolute Gasteiger partial charge is 0.292 e. The molecule has 4 heterocycles. The van der Waals surface area contributed by atoms with Gasteiger partial charge in [0.05, 0.1) is 37.3 Å². The van der Waals surface area contributed by atoms with Crippen LogP contribution in [0.1, 0.15) is 105 Å². The highest BCUT2D eigenvalue weighted by Crippen LogP contribution is 2.32. The van der Waals surface area contributed by atoms with Crippen molar-refractivity contribution < 1.29 is 4.42 Å². The summed E-state index contributed by atoms with van der Waals surface area (Å²) in [5.74, 6) is 0. The van der Waals surface area contributed by atoms with E-state index in [1.54, 1.807) is 17.7 Å². The van der Waals surface area contributed by atoms with Crippen LogP contribution >= 0.6 is 34.3 Å². The number of nitrogens with two attached hydrogens (primary N) is 3. The fourth-order valence-electron chi connectivity index (χ4n) is 5.67. The molecule has 296 valence electrons. The van der Waals surface area contributed by atoms with Crippen LogP contribution in [-0.2, 0) is 21.7 Å². The maximum atomic E-state index is 6.13. The predicted octanol–water partition coefficient (Wildman–Crippen LogP) is 12.6. The van der Waals surface area contributed by atoms with E-state index in [9.17, 15) is 0 Å². The minimum atomic E-state index is 0.114. The lowest BCUT2D eigenvalue weighted by molar-refractivity contribution is 0.585. The Morgan fingerprint density at radius 2 is 1.07 bits per heavy atom. The molecule has 0 unspecified atom stereocenters. The standard InChI is InChI=1S/C11H13ClN2.C11H14N2O.2C11H14N2S/c1-11(2,3)7-4-8(12)10-9(5-7)13-6-14-10;1-11(2,3)7-4-5-8-9(6-7)14-10(12)13-8;1-11(2,3)7-4-5-9-8(6-7)13-10(12)14-9;1-11(2,3)7-4-5-8-9(6-7)14-10(12)13-8/h4-6H,1-3H3,(H,13,14);3*4-6H,1-3H3,(H2,12,13). The van der Waals surface area contributed by atoms with Gasteiger partial charge in [0.2, 0.25) is 0 Å². The summed E-state index contributed by atoms with van der Waals surface area (Å²) in [6.45, 7) is 26.2. The molecular formula is C44H55ClN8OS2. The van der Waals surface area contributed by atoms with Crippen molar-refractivity contribution in [2.24, 2.45) is 0 Å². The molecule has 8 rings (SSSR count). The SMILES string of the molecule is CC(C)(C)c1cc(Cl)c2nc[nH]c2c1.CC(C)(C)c1ccc2nc(N)oc2c1.CC(C)(C)c1ccc2nc(N)sc2c1.CC(C)(C)c1ccc2sc(N)nc2c1. The van der Waals surface area contributed by atoms with E-state index in [4.69, 9.17) is 33.2 Å². The van der Waals surface area contributed by atoms with Gasteiger partial charge < -0.3 is 26.6 Å². The van der Waals surface area contributed by atoms with Crippen LogP contribution in [0, 0.1) is 0 Å². The Kier molecular flexibility index (Phi) is 12.2. The number of rotatable bonds is 0. The second-order valence-corrected chi connectivity index (χ2v) is 20.5. The number of hydrogen-bond acceptors (Lipinski definition) is 10. The van der Waals surface area contributed by atoms with E-state index in [0.717, 1.165) is 37.9 Å². The van der Waals surface area contributed by atoms with Crippen LogP contribution in [0.5, 0.6) is 0 Å². The second-order valence-electron chi connectivity index (χ2n) is 18.0. The summed E-state index contributed by atoms with van der Waals surface area (Å²) in [5.41, 5.74) is 27.9. The molecule has 0 saturated heterocycles. The van der Waals surface area contributed by atoms with Gasteiger partial charge in [-0.1, -0.05) is 136 Å². The molecule has 0 saturated carbocycles. The van der Waals surface area contributed by atoms with E-state index in [2.05, 4.69) is 150 Å². The number of nitrogens with one attached hydrogen (secondary N) is 1. The Hall–Kier alpha value is -4.71. The molecule has 0 amide bonds. The van der Waals surface area contributed by atoms with Crippen molar-refractivity contribution in [1.82, 2.24) is 24.9 Å². The Balaban J connectivity index is 0.000000143. The zero-order valence-corrected chi connectivity index (χ0v) is 36.9. The number of nitrogens with zero attached hydrogens (tertiary/aromatic N) is 4. The first-order valence-electron chi connectivity index (χ1n) is 18.5. The van der Waals surface area contributed by atoms with Gasteiger partial charge in [-0.15, -0.1) is 0 Å². The summed E-state index contributed by atoms with van der Waals surface area (Å²) in [7, 11) is 0. The minimum Gasteiger partial charge on any atom is -0.424 e. The number of oxazole rings is 1. The van der Waals surface area contributed by atoms with E-state index >= 15 is 0 Å². The van der Waals surface area contributed by atoms with Gasteiger partial charge in [-0.2, -0.15) is 4.98 Å². The lowest BCUT2D eigenvalue weighted by Crippen LogP contribution is -2.10. The lowest BCUT2D eigenvalue weighted by atomic mass is 9.87. The molecule has 56 heavy (non-hydrogen) atoms. The fraction of sp³-hybridized carbons (Fsp3) is 0.364. The molecule has 0 radical (unpaired) electrons. The number of hydrogen-bond donors (Lipinski definition) is 4. The zero-order chi connectivity index (χ0) is 41.4. The molecule has 0 aliphatic carbocycles. The van der Waals surface area contributed by atoms with Crippen LogP contribution in [0.4, 0.5) is 16.3 Å². The molecule has 12 heteroatoms. The molecule has 0 spiro atoms. The summed E-state index contributed by atoms with van der Waals surface area (Å²) >= 11 is 9.21. The fourth-order valence-corrected chi connectivity index (χ4v) is 7.43. The maximum Gasteiger partial charge on any atom is 0.292 e. The molecule has 0 atom stereocenters. The van der Waals surface area contributed by atoms with Crippen molar-refractivity contribution in [3.8, 4) is 0 Å². The predicted molar refractivity (Wildman–Crippen MR) is 242 cm³/mol. The second kappa shape index (κ2) is 16.0. The van der Waals surface area contributed by atoms with Crippen LogP contribution < -0.4 is 17.2 Å². The van der Waals surface area contributed by atoms with Crippen LogP contribution in [0.25, 0.3) is 42.6 Å². The van der Waals surface area contributed by atoms with E-state index in [1.807, 2.05) is 24.3 Å². The third kappa shape index (κ3) is 10.6. The largest absolute Gasteiger partial charge is 0.424 e. The topological polar surface area (TPSA) is 159 Å². The van der Waals surface area contributed by atoms with Gasteiger partial charge in [0.1, 0.15) is 11.0 Å². The highest BCUT2D eigenvalue weighted by Gasteiger charge is 2.18. The van der Waals surface area contributed by atoms with Gasteiger partial charge >= 0.3 is 0 Å². The third-order valence-electron chi connectivity index (χ3n) is 9.16. The summed E-state index contributed by atoms with van der Waals surface area (Å²) in [5, 5.41) is 2.01. The van der Waals surface area contributed by atoms with Crippen molar-refractivity contribution in [1.29, 1.82) is 0 Å². The van der Waals surface area contributed by atoms with E-state index in [1.165, 1.54) is 38.3 Å². The number of nitrogen functional groups attached to an aromatic ring is 3. The summed E-state index contributed by atoms with van der Waals surface area (Å²) in [6, 6.07) is 23.1. The quantitative estimate of drug-likeness (QED) is 0.118. The maximum absolute atomic E-state index is 6.13. The first-order chi connectivity index (χ1) is 25.9. The van der Waals surface area contributed by atoms with E-state index < -0.39 is 0 Å². The van der Waals surface area contributed by atoms with Crippen LogP contribution in [0.15, 0.2) is 77.5 Å². The summed E-state index contributed by atoms with van der Waals surface area (Å²) in [6.07, 6.45) is 1.67. The van der Waals surface area contributed by atoms with E-state index in [-0.39, 0.29) is 27.7 Å². The van der Waals surface area contributed by atoms with Crippen LogP contribution in [0.3, 0.4) is 0 Å². The lowest BCUT2D eigenvalue weighted by Gasteiger charge is -2.19. The zero-order valence-electron chi connectivity index (χ0n) is 34.6. The number of benzene rings is 4. The molecule has 4 aromatic heterocycles. The number of H-pyrrole nitrogens is 1. The Morgan fingerprint density at radius 1 is 0.554 bits per heavy atom. The average Bonchev–Trinajstić information content (AvgIpc) is 3.87. The van der Waals surface area contributed by atoms with Gasteiger partial charge in [-0.3, -0.25) is 0 Å². The number of aromatic amines is 1. The Morgan fingerprint density at radius 3 is 1.68 bits per heavy atom. The molecule has 9 nitrogen and oxygen atoms in total. The van der Waals surface area contributed by atoms with Gasteiger partial charge in [-0.25, -0.2) is 15.0 Å². The van der Waals surface area contributed by atoms with Gasteiger partial charge in [0.15, 0.2) is 15.8 Å². The number of halogens is 1. The molecule has 7 N–H and O–H groups in total. The van der Waals surface area contributed by atoms with Gasteiger partial charge in [0.25, 0.3) is 6.01 Å². The first kappa shape index (κ1) is 42.4. The molecule has 0 aliphatic heterocycles. The van der Waals surface area contributed by atoms with Crippen molar-refractivity contribution in [2.45, 2.75) is 105 Å². The highest BCUT2D eigenvalue weighted by atomic mass is 35.5. The van der Waals surface area contributed by atoms with Crippen LogP contribution in [-0.4, -0.2) is 24.9 Å². The molecule has 0 aliphatic rings. The molecule has 0 bridgehead atoms. The highest BCUT2D eigenvalue weighted by molar-refractivity contribution is 7.22. The van der Waals surface area contributed by atoms with Gasteiger partial charge in [0, 0.05) is 0 Å². The van der Waals surface area contributed by atoms with Crippen molar-refractivity contribution in [2.75, 3.05) is 17.2 Å². The molecule has 0 fully saturated rings. The van der Waals surface area contributed by atoms with Crippen molar-refractivity contribution in [3.05, 3.63) is 100 Å². The summed E-state index contributed by atoms with van der Waals surface area (Å²) < 4.78 is 7.61. The average molecular weight is 812 g/mol. The minimum absolute atomic E-state index is 0.114. The number of anilines is 3. The first-order valence-corrected chi connectivity index (χ1v) is 20.5. The third-order valence-corrected chi connectivity index (χ3v) is 11.2. The van der Waals surface area contributed by atoms with Crippen molar-refractivity contribution >= 4 is 93.1 Å². The number of thiazole rings is 2. The normalized spacial score (nSPS) is 12.2. The van der Waals surface area contributed by atoms with Gasteiger partial charge in [-0.05, 0) is 92.4 Å². The number of fused-ring (bicyclic) bond motifs is 4. The molecule has 4 aromatic carbocycles. The van der Waals surface area contributed by atoms with E-state index in [0.29, 0.717) is 15.3 Å². The number of aromatic nitrogens is 5. The molecular weight excluding hydrogens is 756 g/mol. The Labute approximate surface area is 343 Å². The number of imidazole rings is 1. The van der Waals surface area contributed by atoms with Crippen LogP contribution in [0.2, 0.25) is 5.02 Å². The molecule has 8 aromatic rings. The van der Waals surface area contributed by atoms with Crippen molar-refractivity contribution in [3.63, 3.8) is 0 Å².